The van der Waals surface area contributed by atoms with E-state index in [1.165, 1.54) is 155 Å². The van der Waals surface area contributed by atoms with Gasteiger partial charge in [0.2, 0.25) is 0 Å². The third kappa shape index (κ3) is 8.16. The zero-order valence-corrected chi connectivity index (χ0v) is 50.3. The van der Waals surface area contributed by atoms with E-state index in [0.29, 0.717) is 0 Å². The Bertz CT molecular complexity index is 3820. The van der Waals surface area contributed by atoms with Crippen molar-refractivity contribution in [3.8, 4) is 44.5 Å². The molecule has 0 bridgehead atoms. The average Bonchev–Trinajstić information content (AvgIpc) is 3.07. The topological polar surface area (TPSA) is 15.3 Å². The second-order valence-corrected chi connectivity index (χ2v) is 29.5. The van der Waals surface area contributed by atoms with Gasteiger partial charge >= 0.3 is 0 Å². The lowest BCUT2D eigenvalue weighted by Gasteiger charge is -2.44. The molecule has 0 spiro atoms. The Morgan fingerprint density at radius 3 is 1.51 bits per heavy atom. The van der Waals surface area contributed by atoms with Crippen molar-refractivity contribution in [3.05, 3.63) is 196 Å². The highest BCUT2D eigenvalue weighted by Crippen LogP contribution is 2.59. The van der Waals surface area contributed by atoms with E-state index in [1.807, 2.05) is 0 Å². The molecule has 1 N–H and O–H groups in total. The molecule has 8 aromatic rings. The van der Waals surface area contributed by atoms with Crippen LogP contribution in [-0.4, -0.2) is 7.28 Å². The Balaban J connectivity index is 1.13. The van der Waals surface area contributed by atoms with Gasteiger partial charge in [0.15, 0.2) is 7.28 Å². The Labute approximate surface area is 474 Å². The van der Waals surface area contributed by atoms with Crippen LogP contribution in [0, 0.1) is 6.92 Å². The second kappa shape index (κ2) is 17.5. The summed E-state index contributed by atoms with van der Waals surface area (Å²) in [6.45, 7) is 37.0. The van der Waals surface area contributed by atoms with Crippen LogP contribution in [0.3, 0.4) is 0 Å². The van der Waals surface area contributed by atoms with Crippen LogP contribution in [0.5, 0.6) is 0 Å². The number of anilines is 5. The summed E-state index contributed by atoms with van der Waals surface area (Å²) in [5.74, 6) is 0. The number of hydrogen-bond donors (Lipinski definition) is 1. The number of benzene rings is 8. The molecule has 3 heteroatoms. The minimum Gasteiger partial charge on any atom is -0.355 e. The van der Waals surface area contributed by atoms with Gasteiger partial charge in [0.25, 0.3) is 0 Å². The van der Waals surface area contributed by atoms with Crippen LogP contribution in [-0.2, 0) is 37.9 Å². The van der Waals surface area contributed by atoms with Gasteiger partial charge in [0.1, 0.15) is 0 Å². The van der Waals surface area contributed by atoms with Crippen molar-refractivity contribution in [1.29, 1.82) is 0 Å². The number of aryl methyl sites for hydroxylation is 1. The van der Waals surface area contributed by atoms with Crippen LogP contribution in [0.2, 0.25) is 0 Å². The van der Waals surface area contributed by atoms with E-state index in [0.717, 1.165) is 25.1 Å². The van der Waals surface area contributed by atoms with Gasteiger partial charge in [0, 0.05) is 39.4 Å². The maximum Gasteiger partial charge on any atom is 0.198 e. The van der Waals surface area contributed by atoms with Crippen LogP contribution < -0.4 is 21.1 Å². The van der Waals surface area contributed by atoms with Crippen molar-refractivity contribution in [2.75, 3.05) is 10.2 Å². The third-order valence-corrected chi connectivity index (χ3v) is 21.0. The highest BCUT2D eigenvalue weighted by Gasteiger charge is 2.46. The van der Waals surface area contributed by atoms with E-state index in [2.05, 4.69) is 260 Å². The van der Waals surface area contributed by atoms with Crippen molar-refractivity contribution in [2.24, 2.45) is 0 Å². The Hall–Kier alpha value is -6.58. The largest absolute Gasteiger partial charge is 0.355 e. The molecule has 79 heavy (non-hydrogen) atoms. The molecule has 5 aliphatic rings. The molecule has 0 saturated carbocycles. The van der Waals surface area contributed by atoms with Crippen molar-refractivity contribution in [3.63, 3.8) is 0 Å². The molecule has 0 atom stereocenters. The number of nitrogens with zero attached hydrogens (tertiary/aromatic N) is 1. The second-order valence-electron chi connectivity index (χ2n) is 29.5. The van der Waals surface area contributed by atoms with E-state index in [1.54, 1.807) is 0 Å². The van der Waals surface area contributed by atoms with Crippen LogP contribution in [0.1, 0.15) is 186 Å². The van der Waals surface area contributed by atoms with Gasteiger partial charge in [-0.1, -0.05) is 199 Å². The molecule has 2 nitrogen and oxygen atoms in total. The van der Waals surface area contributed by atoms with E-state index in [4.69, 9.17) is 0 Å². The van der Waals surface area contributed by atoms with Crippen LogP contribution in [0.4, 0.5) is 28.4 Å². The quantitative estimate of drug-likeness (QED) is 0.167. The molecule has 0 aromatic heterocycles. The maximum absolute atomic E-state index is 4.26. The Kier molecular flexibility index (Phi) is 11.5. The molecule has 1 heterocycles. The highest BCUT2D eigenvalue weighted by atomic mass is 15.2. The molecule has 1 aliphatic heterocycles. The molecule has 0 fully saturated rings. The third-order valence-electron chi connectivity index (χ3n) is 21.0. The Morgan fingerprint density at radius 2 is 0.899 bits per heavy atom. The van der Waals surface area contributed by atoms with Gasteiger partial charge in [-0.2, -0.15) is 0 Å². The summed E-state index contributed by atoms with van der Waals surface area (Å²) in [4.78, 5) is 2.70. The lowest BCUT2D eigenvalue weighted by atomic mass is 9.57. The molecule has 0 saturated heterocycles. The van der Waals surface area contributed by atoms with Gasteiger partial charge in [-0.05, 0) is 221 Å². The maximum atomic E-state index is 4.26. The summed E-state index contributed by atoms with van der Waals surface area (Å²) < 4.78 is 0. The molecule has 8 aromatic carbocycles. The predicted octanol–water partition coefficient (Wildman–Crippen LogP) is 19.3. The van der Waals surface area contributed by atoms with Gasteiger partial charge in [-0.3, -0.25) is 0 Å². The molecule has 0 radical (unpaired) electrons. The summed E-state index contributed by atoms with van der Waals surface area (Å²) in [6, 6.07) is 57.4. The molecule has 400 valence electrons. The first-order chi connectivity index (χ1) is 37.3. The molecule has 4 aliphatic carbocycles. The van der Waals surface area contributed by atoms with Gasteiger partial charge in [0.05, 0.1) is 0 Å². The van der Waals surface area contributed by atoms with Crippen molar-refractivity contribution in [1.82, 2.24) is 0 Å². The average molecular weight is 1040 g/mol. The number of rotatable bonds is 6. The lowest BCUT2D eigenvalue weighted by molar-refractivity contribution is 0.331. The standard InChI is InChI=1S/C76H83BN2/c1-46-38-57-61(75(12,13)37-34-71(57,4)5)45-64(46)79-65-40-49(47-22-18-16-19-23-47)26-30-62(65)77-69-54(39-50(41-66(69)79)48-24-20-17-21-25-48)67-63(78-51-27-29-55-58(42-51)72(6,7)33-32-70(55,2)3)31-28-52-53-43-59-60(44-56(53)76(14,15)68(52)67)74(10,11)36-35-73(59,8)9/h16-31,38-45,77-78H,32-37H2,1-15H3. The van der Waals surface area contributed by atoms with Crippen LogP contribution in [0.15, 0.2) is 146 Å². The molecular formula is C76H83BN2. The molecular weight excluding hydrogens is 952 g/mol. The highest BCUT2D eigenvalue weighted by molar-refractivity contribution is 6.73. The van der Waals surface area contributed by atoms with Crippen LogP contribution >= 0.6 is 0 Å². The summed E-state index contributed by atoms with van der Waals surface area (Å²) in [5, 5.41) is 4.26. The number of hydrogen-bond acceptors (Lipinski definition) is 2. The molecule has 13 rings (SSSR count). The zero-order valence-electron chi connectivity index (χ0n) is 50.3. The summed E-state index contributed by atoms with van der Waals surface area (Å²) in [7, 11) is 0.804. The molecule has 0 amide bonds. The fourth-order valence-corrected chi connectivity index (χ4v) is 15.5. The first kappa shape index (κ1) is 51.8. The van der Waals surface area contributed by atoms with E-state index >= 15 is 0 Å². The molecule has 0 unspecified atom stereocenters. The Morgan fingerprint density at radius 1 is 0.380 bits per heavy atom. The monoisotopic (exact) mass is 1030 g/mol. The summed E-state index contributed by atoms with van der Waals surface area (Å²) >= 11 is 0. The summed E-state index contributed by atoms with van der Waals surface area (Å²) in [5.41, 5.74) is 32.5. The van der Waals surface area contributed by atoms with Crippen molar-refractivity contribution in [2.45, 2.75) is 180 Å². The fraction of sp³-hybridized carbons (Fsp3) is 0.368. The first-order valence-electron chi connectivity index (χ1n) is 29.9. The van der Waals surface area contributed by atoms with Crippen molar-refractivity contribution >= 4 is 46.6 Å². The SMILES string of the molecule is Cc1cc2c(cc1N1c3cc(-c4ccccc4)ccc3Bc3c(-c4c(Nc5ccc6c(c5)C(C)(C)CCC6(C)C)ccc5c4C(C)(C)c4cc6c(cc4-5)C(C)(C)CCC6(C)C)cc(-c4ccccc4)cc31)C(C)(C)CCC2(C)C. The normalized spacial score (nSPS) is 19.6. The number of fused-ring (bicyclic) bond motifs is 8. The summed E-state index contributed by atoms with van der Waals surface area (Å²) in [6.07, 6.45) is 7.09. The van der Waals surface area contributed by atoms with Crippen molar-refractivity contribution < 1.29 is 0 Å². The van der Waals surface area contributed by atoms with E-state index in [-0.39, 0.29) is 37.9 Å². The lowest BCUT2D eigenvalue weighted by Crippen LogP contribution is -2.42. The first-order valence-corrected chi connectivity index (χ1v) is 29.9. The van der Waals surface area contributed by atoms with Gasteiger partial charge in [-0.25, -0.2) is 0 Å². The van der Waals surface area contributed by atoms with E-state index in [9.17, 15) is 0 Å². The predicted molar refractivity (Wildman–Crippen MR) is 342 cm³/mol. The fourth-order valence-electron chi connectivity index (χ4n) is 15.5. The number of nitrogens with one attached hydrogen (secondary N) is 1. The van der Waals surface area contributed by atoms with Gasteiger partial charge in [-0.15, -0.1) is 0 Å². The smallest absolute Gasteiger partial charge is 0.198 e. The van der Waals surface area contributed by atoms with Gasteiger partial charge < -0.3 is 10.2 Å². The minimum absolute atomic E-state index is 0.0364. The van der Waals surface area contributed by atoms with E-state index < -0.39 is 0 Å². The van der Waals surface area contributed by atoms with Crippen LogP contribution in [0.25, 0.3) is 44.5 Å². The zero-order chi connectivity index (χ0) is 55.6. The minimum atomic E-state index is -0.313.